The second-order valence-corrected chi connectivity index (χ2v) is 5.77. The molecule has 0 unspecified atom stereocenters. The molecule has 7 nitrogen and oxygen atoms in total. The average Bonchev–Trinajstić information content (AvgIpc) is 2.64. The summed E-state index contributed by atoms with van der Waals surface area (Å²) >= 11 is 0. The van der Waals surface area contributed by atoms with E-state index in [2.05, 4.69) is 10.6 Å². The highest BCUT2D eigenvalue weighted by Crippen LogP contribution is 2.18. The van der Waals surface area contributed by atoms with Gasteiger partial charge in [-0.2, -0.15) is 0 Å². The van der Waals surface area contributed by atoms with Crippen LogP contribution in [0.4, 0.5) is 5.69 Å². The molecule has 0 heterocycles. The van der Waals surface area contributed by atoms with E-state index in [1.165, 1.54) is 0 Å². The molecule has 0 fully saturated rings. The lowest BCUT2D eigenvalue weighted by molar-refractivity contribution is -0.134. The molecule has 0 aliphatic carbocycles. The number of anilines is 1. The summed E-state index contributed by atoms with van der Waals surface area (Å²) in [6, 6.07) is 12.4. The highest BCUT2D eigenvalue weighted by atomic mass is 16.4. The number of carboxylic acids is 1. The molecule has 6 N–H and O–H groups in total. The van der Waals surface area contributed by atoms with Crippen LogP contribution in [0.5, 0.6) is 0 Å². The van der Waals surface area contributed by atoms with Crippen LogP contribution < -0.4 is 16.4 Å². The zero-order chi connectivity index (χ0) is 19.1. The molecule has 0 spiro atoms. The summed E-state index contributed by atoms with van der Waals surface area (Å²) in [4.78, 5) is 23.2. The minimum Gasteiger partial charge on any atom is -0.480 e. The molecule has 0 aliphatic heterocycles. The quantitative estimate of drug-likeness (QED) is 0.366. The van der Waals surface area contributed by atoms with Crippen molar-refractivity contribution < 1.29 is 14.7 Å². The number of nitrogen functional groups attached to an aromatic ring is 1. The number of amidine groups is 1. The van der Waals surface area contributed by atoms with Gasteiger partial charge >= 0.3 is 5.97 Å². The Morgan fingerprint density at radius 1 is 1.15 bits per heavy atom. The molecule has 0 radical (unpaired) electrons. The lowest BCUT2D eigenvalue weighted by atomic mass is 10.1. The highest BCUT2D eigenvalue weighted by molar-refractivity contribution is 5.96. The average molecular weight is 354 g/mol. The van der Waals surface area contributed by atoms with Crippen molar-refractivity contribution in [2.45, 2.75) is 19.9 Å². The Labute approximate surface area is 151 Å². The fraction of sp³-hybridized carbons (Fsp3) is 0.211. The van der Waals surface area contributed by atoms with Gasteiger partial charge in [-0.3, -0.25) is 15.0 Å². The zero-order valence-corrected chi connectivity index (χ0v) is 14.5. The van der Waals surface area contributed by atoms with Crippen LogP contribution in [0.15, 0.2) is 42.5 Å². The van der Waals surface area contributed by atoms with Crippen LogP contribution in [0.3, 0.4) is 0 Å². The van der Waals surface area contributed by atoms with Gasteiger partial charge in [-0.25, -0.2) is 0 Å². The number of carbonyl (C=O) groups is 2. The highest BCUT2D eigenvalue weighted by Gasteiger charge is 2.10. The van der Waals surface area contributed by atoms with Gasteiger partial charge in [0, 0.05) is 23.4 Å². The molecule has 1 amide bonds. The molecule has 0 saturated heterocycles. The predicted octanol–water partition coefficient (Wildman–Crippen LogP) is 1.96. The molecular formula is C19H22N4O3. The largest absolute Gasteiger partial charge is 0.480 e. The molecule has 2 rings (SSSR count). The number of benzene rings is 2. The van der Waals surface area contributed by atoms with E-state index in [1.807, 2.05) is 25.1 Å². The number of nitrogens with one attached hydrogen (secondary N) is 3. The van der Waals surface area contributed by atoms with Crippen LogP contribution in [0.2, 0.25) is 0 Å². The summed E-state index contributed by atoms with van der Waals surface area (Å²) in [6.07, 6.45) is 0.844. The van der Waals surface area contributed by atoms with Crippen molar-refractivity contribution in [2.24, 2.45) is 5.73 Å². The lowest BCUT2D eigenvalue weighted by Crippen LogP contribution is -2.24. The second kappa shape index (κ2) is 8.66. The van der Waals surface area contributed by atoms with Gasteiger partial charge in [0.05, 0.1) is 0 Å². The zero-order valence-electron chi connectivity index (χ0n) is 14.5. The minimum absolute atomic E-state index is 0.115. The maximum Gasteiger partial charge on any atom is 0.322 e. The summed E-state index contributed by atoms with van der Waals surface area (Å²) < 4.78 is 0. The van der Waals surface area contributed by atoms with Crippen LogP contribution in [0.25, 0.3) is 0 Å². The number of aliphatic carboxylic acids is 1. The summed E-state index contributed by atoms with van der Waals surface area (Å²) in [5.41, 5.74) is 8.83. The van der Waals surface area contributed by atoms with E-state index in [-0.39, 0.29) is 24.8 Å². The fourth-order valence-electron chi connectivity index (χ4n) is 2.44. The van der Waals surface area contributed by atoms with Gasteiger partial charge < -0.3 is 21.5 Å². The molecule has 7 heteroatoms. The van der Waals surface area contributed by atoms with Gasteiger partial charge in [0.1, 0.15) is 12.4 Å². The van der Waals surface area contributed by atoms with Crippen LogP contribution in [0, 0.1) is 5.41 Å². The van der Waals surface area contributed by atoms with Crippen LogP contribution >= 0.6 is 0 Å². The monoisotopic (exact) mass is 354 g/mol. The predicted molar refractivity (Wildman–Crippen MR) is 101 cm³/mol. The van der Waals surface area contributed by atoms with Crippen molar-refractivity contribution in [1.29, 1.82) is 5.41 Å². The molecule has 0 bridgehead atoms. The van der Waals surface area contributed by atoms with Crippen molar-refractivity contribution >= 4 is 23.4 Å². The molecule has 2 aromatic carbocycles. The number of amides is 1. The number of rotatable bonds is 8. The van der Waals surface area contributed by atoms with Gasteiger partial charge in [0.25, 0.3) is 5.91 Å². The fourth-order valence-corrected chi connectivity index (χ4v) is 2.44. The third kappa shape index (κ3) is 5.07. The number of nitrogens with two attached hydrogens (primary N) is 1. The van der Waals surface area contributed by atoms with E-state index in [1.54, 1.807) is 24.3 Å². The Kier molecular flexibility index (Phi) is 6.32. The standard InChI is InChI=1S/C19H22N4O3/c1-2-12-4-3-5-14(8-12)19(26)23-10-15-7-6-13(18(20)21)9-16(15)22-11-17(24)25/h3-9,22H,2,10-11H2,1H3,(H3,20,21)(H,23,26)(H,24,25). The molecular weight excluding hydrogens is 332 g/mol. The minimum atomic E-state index is -1.01. The normalized spacial score (nSPS) is 10.2. The maximum absolute atomic E-state index is 12.4. The van der Waals surface area contributed by atoms with Crippen molar-refractivity contribution in [3.63, 3.8) is 0 Å². The molecule has 0 atom stereocenters. The third-order valence-electron chi connectivity index (χ3n) is 3.89. The first kappa shape index (κ1) is 19.0. The SMILES string of the molecule is CCc1cccc(C(=O)NCc2ccc(C(=N)N)cc2NCC(=O)O)c1. The van der Waals surface area contributed by atoms with Gasteiger partial charge in [-0.1, -0.05) is 31.2 Å². The number of hydrogen-bond donors (Lipinski definition) is 5. The number of carbonyl (C=O) groups excluding carboxylic acids is 1. The van der Waals surface area contributed by atoms with Crippen molar-refractivity contribution in [1.82, 2.24) is 5.32 Å². The molecule has 136 valence electrons. The van der Waals surface area contributed by atoms with Gasteiger partial charge in [-0.15, -0.1) is 0 Å². The Balaban J connectivity index is 2.15. The summed E-state index contributed by atoms with van der Waals surface area (Å²) in [6.45, 7) is 1.96. The number of hydrogen-bond acceptors (Lipinski definition) is 4. The second-order valence-electron chi connectivity index (χ2n) is 5.77. The Hall–Kier alpha value is -3.35. The van der Waals surface area contributed by atoms with Crippen molar-refractivity contribution in [3.8, 4) is 0 Å². The summed E-state index contributed by atoms with van der Waals surface area (Å²) in [5.74, 6) is -1.33. The number of carboxylic acid groups (broad SMARTS) is 1. The maximum atomic E-state index is 12.4. The Morgan fingerprint density at radius 3 is 2.58 bits per heavy atom. The lowest BCUT2D eigenvalue weighted by Gasteiger charge is -2.14. The molecule has 0 saturated carbocycles. The Bertz CT molecular complexity index is 833. The van der Waals surface area contributed by atoms with E-state index in [9.17, 15) is 9.59 Å². The first-order valence-electron chi connectivity index (χ1n) is 8.20. The first-order chi connectivity index (χ1) is 12.4. The molecule has 2 aromatic rings. The van der Waals surface area contributed by atoms with Crippen LogP contribution in [-0.2, 0) is 17.8 Å². The third-order valence-corrected chi connectivity index (χ3v) is 3.89. The Morgan fingerprint density at radius 2 is 1.92 bits per heavy atom. The molecule has 26 heavy (non-hydrogen) atoms. The van der Waals surface area contributed by atoms with E-state index < -0.39 is 5.97 Å². The van der Waals surface area contributed by atoms with Crippen molar-refractivity contribution in [2.75, 3.05) is 11.9 Å². The van der Waals surface area contributed by atoms with Gasteiger partial charge in [0.2, 0.25) is 0 Å². The first-order valence-corrected chi connectivity index (χ1v) is 8.20. The van der Waals surface area contributed by atoms with E-state index >= 15 is 0 Å². The molecule has 0 aromatic heterocycles. The van der Waals surface area contributed by atoms with E-state index in [0.717, 1.165) is 12.0 Å². The van der Waals surface area contributed by atoms with Crippen molar-refractivity contribution in [3.05, 3.63) is 64.7 Å². The van der Waals surface area contributed by atoms with E-state index in [4.69, 9.17) is 16.2 Å². The summed E-state index contributed by atoms with van der Waals surface area (Å²) in [7, 11) is 0. The smallest absolute Gasteiger partial charge is 0.322 e. The summed E-state index contributed by atoms with van der Waals surface area (Å²) in [5, 5.41) is 22.0. The van der Waals surface area contributed by atoms with E-state index in [0.29, 0.717) is 22.4 Å². The van der Waals surface area contributed by atoms with Crippen LogP contribution in [-0.4, -0.2) is 29.4 Å². The van der Waals surface area contributed by atoms with Crippen LogP contribution in [0.1, 0.15) is 34.0 Å². The topological polar surface area (TPSA) is 128 Å². The van der Waals surface area contributed by atoms with Gasteiger partial charge in [-0.05, 0) is 35.7 Å². The van der Waals surface area contributed by atoms with Gasteiger partial charge in [0.15, 0.2) is 0 Å². The number of aryl methyl sites for hydroxylation is 1. The molecule has 0 aliphatic rings.